The van der Waals surface area contributed by atoms with Crippen LogP contribution in [0.25, 0.3) is 0 Å². The maximum Gasteiger partial charge on any atom is 0.0550 e. The first-order chi connectivity index (χ1) is 17.3. The van der Waals surface area contributed by atoms with Gasteiger partial charge in [-0.05, 0) is 12.8 Å². The molecule has 0 spiro atoms. The van der Waals surface area contributed by atoms with Crippen molar-refractivity contribution in [3.63, 3.8) is 0 Å². The second-order valence-electron chi connectivity index (χ2n) is 11.1. The Kier molecular flexibility index (Phi) is 30.7. The molecule has 0 aliphatic heterocycles. The van der Waals surface area contributed by atoms with E-state index in [9.17, 15) is 10.2 Å². The second kappa shape index (κ2) is 30.5. The van der Waals surface area contributed by atoms with Gasteiger partial charge in [-0.25, -0.2) is 0 Å². The fourth-order valence-corrected chi connectivity index (χ4v) is 6.42. The number of thioether (sulfide) groups is 1. The predicted octanol–water partition coefficient (Wildman–Crippen LogP) is 10.6. The van der Waals surface area contributed by atoms with E-state index < -0.39 is 0 Å². The Hall–Kier alpha value is 0.270. The molecule has 0 saturated heterocycles. The quantitative estimate of drug-likeness (QED) is 0.0936. The van der Waals surface area contributed by atoms with Gasteiger partial charge in [0.2, 0.25) is 0 Å². The summed E-state index contributed by atoms with van der Waals surface area (Å²) in [5, 5.41) is 20.3. The Morgan fingerprint density at radius 1 is 0.371 bits per heavy atom. The number of aliphatic hydroxyl groups is 2. The number of hydrogen-bond donors (Lipinski definition) is 2. The lowest BCUT2D eigenvalue weighted by Crippen LogP contribution is -2.18. The van der Waals surface area contributed by atoms with Crippen LogP contribution in [0.4, 0.5) is 0 Å². The topological polar surface area (TPSA) is 40.5 Å². The highest BCUT2D eigenvalue weighted by molar-refractivity contribution is 8.00. The lowest BCUT2D eigenvalue weighted by Gasteiger charge is -2.20. The zero-order valence-corrected chi connectivity index (χ0v) is 25.1. The fraction of sp³-hybridized carbons (Fsp3) is 1.00. The van der Waals surface area contributed by atoms with Gasteiger partial charge in [-0.15, -0.1) is 0 Å². The van der Waals surface area contributed by atoms with Crippen LogP contribution in [-0.4, -0.2) is 33.9 Å². The largest absolute Gasteiger partial charge is 0.395 e. The zero-order chi connectivity index (χ0) is 25.7. The van der Waals surface area contributed by atoms with E-state index in [1.807, 2.05) is 11.8 Å². The molecular weight excluding hydrogens is 448 g/mol. The standard InChI is InChI=1S/C32H66O2S/c1-3-5-7-9-11-13-15-17-19-21-23-25-27-31(29-33)35-32(30-34)28-26-24-22-20-18-16-14-12-10-8-6-4-2/h31-34H,3-30H2,1-2H3. The smallest absolute Gasteiger partial charge is 0.0550 e. The minimum atomic E-state index is 0.262. The van der Waals surface area contributed by atoms with Gasteiger partial charge in [-0.1, -0.05) is 168 Å². The Labute approximate surface area is 226 Å². The van der Waals surface area contributed by atoms with Crippen molar-refractivity contribution in [3.05, 3.63) is 0 Å². The number of unbranched alkanes of at least 4 members (excludes halogenated alkanes) is 22. The Balaban J connectivity index is 3.55. The van der Waals surface area contributed by atoms with Crippen LogP contribution in [0.2, 0.25) is 0 Å². The Bertz CT molecular complexity index is 343. The third kappa shape index (κ3) is 27.1. The molecule has 0 saturated carbocycles. The summed E-state index contributed by atoms with van der Waals surface area (Å²) in [6.07, 6.45) is 35.3. The number of rotatable bonds is 30. The van der Waals surface area contributed by atoms with Crippen LogP contribution in [0.3, 0.4) is 0 Å². The third-order valence-corrected chi connectivity index (χ3v) is 9.09. The van der Waals surface area contributed by atoms with Crippen molar-refractivity contribution in [3.8, 4) is 0 Å². The molecule has 3 heteroatoms. The van der Waals surface area contributed by atoms with Gasteiger partial charge < -0.3 is 10.2 Å². The Morgan fingerprint density at radius 2 is 0.600 bits per heavy atom. The molecule has 2 N–H and O–H groups in total. The van der Waals surface area contributed by atoms with Gasteiger partial charge in [-0.2, -0.15) is 11.8 Å². The Morgan fingerprint density at radius 3 is 0.829 bits per heavy atom. The van der Waals surface area contributed by atoms with E-state index in [1.54, 1.807) is 0 Å². The van der Waals surface area contributed by atoms with Gasteiger partial charge in [0.1, 0.15) is 0 Å². The summed E-state index contributed by atoms with van der Waals surface area (Å²) in [6.45, 7) is 5.09. The van der Waals surface area contributed by atoms with E-state index in [-0.39, 0.29) is 13.2 Å². The van der Waals surface area contributed by atoms with E-state index in [2.05, 4.69) is 13.8 Å². The molecule has 0 amide bonds. The lowest BCUT2D eigenvalue weighted by atomic mass is 10.0. The van der Waals surface area contributed by atoms with Gasteiger partial charge in [0.05, 0.1) is 13.2 Å². The molecule has 0 radical (unpaired) electrons. The molecule has 0 rings (SSSR count). The van der Waals surface area contributed by atoms with Crippen LogP contribution < -0.4 is 0 Å². The van der Waals surface area contributed by atoms with Gasteiger partial charge in [0, 0.05) is 10.5 Å². The minimum Gasteiger partial charge on any atom is -0.395 e. The molecule has 0 aromatic carbocycles. The molecule has 212 valence electrons. The molecule has 2 unspecified atom stereocenters. The highest BCUT2D eigenvalue weighted by Gasteiger charge is 2.15. The minimum absolute atomic E-state index is 0.262. The summed E-state index contributed by atoms with van der Waals surface area (Å²) in [5.41, 5.74) is 0. The van der Waals surface area contributed by atoms with Gasteiger partial charge >= 0.3 is 0 Å². The zero-order valence-electron chi connectivity index (χ0n) is 24.3. The van der Waals surface area contributed by atoms with Crippen LogP contribution >= 0.6 is 11.8 Å². The monoisotopic (exact) mass is 514 g/mol. The molecule has 0 heterocycles. The van der Waals surface area contributed by atoms with Crippen molar-refractivity contribution in [1.29, 1.82) is 0 Å². The van der Waals surface area contributed by atoms with E-state index in [0.29, 0.717) is 10.5 Å². The van der Waals surface area contributed by atoms with E-state index in [1.165, 1.54) is 154 Å². The van der Waals surface area contributed by atoms with Crippen LogP contribution in [0.5, 0.6) is 0 Å². The molecular formula is C32H66O2S. The summed E-state index contributed by atoms with van der Waals surface area (Å²) in [7, 11) is 0. The SMILES string of the molecule is CCCCCCCCCCCCCCC(CO)SC(CO)CCCCCCCCCCCCCC. The number of hydrogen-bond acceptors (Lipinski definition) is 3. The van der Waals surface area contributed by atoms with Crippen LogP contribution in [0, 0.1) is 0 Å². The first-order valence-electron chi connectivity index (χ1n) is 16.2. The first kappa shape index (κ1) is 35.3. The van der Waals surface area contributed by atoms with E-state index >= 15 is 0 Å². The summed E-state index contributed by atoms with van der Waals surface area (Å²) >= 11 is 1.86. The summed E-state index contributed by atoms with van der Waals surface area (Å²) in [6, 6.07) is 0. The molecule has 2 atom stereocenters. The molecule has 0 bridgehead atoms. The lowest BCUT2D eigenvalue weighted by molar-refractivity contribution is 0.279. The van der Waals surface area contributed by atoms with Crippen LogP contribution in [-0.2, 0) is 0 Å². The molecule has 0 fully saturated rings. The maximum atomic E-state index is 9.82. The van der Waals surface area contributed by atoms with Crippen LogP contribution in [0.1, 0.15) is 181 Å². The van der Waals surface area contributed by atoms with Crippen molar-refractivity contribution in [2.45, 2.75) is 191 Å². The van der Waals surface area contributed by atoms with Crippen molar-refractivity contribution >= 4 is 11.8 Å². The molecule has 0 aliphatic carbocycles. The highest BCUT2D eigenvalue weighted by Crippen LogP contribution is 2.26. The molecule has 35 heavy (non-hydrogen) atoms. The fourth-order valence-electron chi connectivity index (χ4n) is 5.10. The second-order valence-corrected chi connectivity index (χ2v) is 12.7. The van der Waals surface area contributed by atoms with Gasteiger partial charge in [0.25, 0.3) is 0 Å². The average Bonchev–Trinajstić information content (AvgIpc) is 2.88. The van der Waals surface area contributed by atoms with E-state index in [4.69, 9.17) is 0 Å². The van der Waals surface area contributed by atoms with Crippen molar-refractivity contribution < 1.29 is 10.2 Å². The van der Waals surface area contributed by atoms with Gasteiger partial charge in [0.15, 0.2) is 0 Å². The maximum absolute atomic E-state index is 9.82. The van der Waals surface area contributed by atoms with E-state index in [0.717, 1.165) is 12.8 Å². The molecule has 2 nitrogen and oxygen atoms in total. The van der Waals surface area contributed by atoms with Crippen molar-refractivity contribution in [2.75, 3.05) is 13.2 Å². The molecule has 0 aromatic heterocycles. The number of aliphatic hydroxyl groups excluding tert-OH is 2. The highest BCUT2D eigenvalue weighted by atomic mass is 32.2. The van der Waals surface area contributed by atoms with Gasteiger partial charge in [-0.3, -0.25) is 0 Å². The average molecular weight is 515 g/mol. The third-order valence-electron chi connectivity index (χ3n) is 7.55. The normalized spacial score (nSPS) is 13.4. The predicted molar refractivity (Wildman–Crippen MR) is 161 cm³/mol. The summed E-state index contributed by atoms with van der Waals surface area (Å²) in [5.74, 6) is 0. The molecule has 0 aromatic rings. The molecule has 0 aliphatic rings. The van der Waals surface area contributed by atoms with Crippen molar-refractivity contribution in [1.82, 2.24) is 0 Å². The summed E-state index contributed by atoms with van der Waals surface area (Å²) < 4.78 is 0. The van der Waals surface area contributed by atoms with Crippen LogP contribution in [0.15, 0.2) is 0 Å². The first-order valence-corrected chi connectivity index (χ1v) is 17.1. The van der Waals surface area contributed by atoms with Crippen molar-refractivity contribution in [2.24, 2.45) is 0 Å². The summed E-state index contributed by atoms with van der Waals surface area (Å²) in [4.78, 5) is 0.